The number of aliphatic hydroxyl groups excluding tert-OH is 4. The van der Waals surface area contributed by atoms with Gasteiger partial charge in [-0.15, -0.1) is 0 Å². The van der Waals surface area contributed by atoms with E-state index in [1.807, 2.05) is 0 Å². The van der Waals surface area contributed by atoms with Gasteiger partial charge in [0.25, 0.3) is 0 Å². The fourth-order valence-electron chi connectivity index (χ4n) is 5.85. The lowest BCUT2D eigenvalue weighted by Crippen LogP contribution is -2.60. The average Bonchev–Trinajstić information content (AvgIpc) is 3.11. The summed E-state index contributed by atoms with van der Waals surface area (Å²) >= 11 is 0. The van der Waals surface area contributed by atoms with Gasteiger partial charge < -0.3 is 55.1 Å². The minimum Gasteiger partial charge on any atom is -0.508 e. The third kappa shape index (κ3) is 4.00. The smallest absolute Gasteiger partial charge is 0.318 e. The lowest BCUT2D eigenvalue weighted by molar-refractivity contribution is -0.277. The Bertz CT molecular complexity index is 1470. The summed E-state index contributed by atoms with van der Waals surface area (Å²) < 4.78 is 17.0. The maximum absolute atomic E-state index is 13.3. The summed E-state index contributed by atoms with van der Waals surface area (Å²) in [6, 6.07) is 11.1. The van der Waals surface area contributed by atoms with E-state index in [1.54, 1.807) is 12.1 Å². The number of fused-ring (bicyclic) bond motifs is 2. The van der Waals surface area contributed by atoms with Crippen LogP contribution in [0.1, 0.15) is 45.8 Å². The Balaban J connectivity index is 1.50. The molecule has 1 unspecified atom stereocenters. The highest BCUT2D eigenvalue weighted by Crippen LogP contribution is 2.58. The first-order valence-electron chi connectivity index (χ1n) is 12.5. The van der Waals surface area contributed by atoms with E-state index in [2.05, 4.69) is 0 Å². The first kappa shape index (κ1) is 26.2. The Hall–Kier alpha value is -4.07. The van der Waals surface area contributed by atoms with E-state index in [9.17, 15) is 45.6 Å². The van der Waals surface area contributed by atoms with Crippen molar-refractivity contribution in [2.45, 2.75) is 48.6 Å². The van der Waals surface area contributed by atoms with Crippen LogP contribution in [-0.4, -0.2) is 84.1 Å². The number of phenols is 4. The molecule has 0 aromatic heterocycles. The van der Waals surface area contributed by atoms with Crippen LogP contribution < -0.4 is 4.74 Å². The second kappa shape index (κ2) is 9.54. The number of aliphatic hydroxyl groups is 4. The molecule has 8 N–H and O–H groups in total. The summed E-state index contributed by atoms with van der Waals surface area (Å²) in [5.41, 5.74) is 1.52. The summed E-state index contributed by atoms with van der Waals surface area (Å²) in [6.07, 6.45) is -8.86. The van der Waals surface area contributed by atoms with E-state index >= 15 is 0 Å². The van der Waals surface area contributed by atoms with Crippen LogP contribution in [0.5, 0.6) is 28.7 Å². The van der Waals surface area contributed by atoms with Crippen molar-refractivity contribution in [3.05, 3.63) is 76.3 Å². The first-order valence-corrected chi connectivity index (χ1v) is 12.5. The molecule has 1 saturated heterocycles. The predicted molar refractivity (Wildman–Crippen MR) is 133 cm³/mol. The van der Waals surface area contributed by atoms with E-state index < -0.39 is 61.2 Å². The third-order valence-corrected chi connectivity index (χ3v) is 7.69. The predicted octanol–water partition coefficient (Wildman–Crippen LogP) is 0.563. The summed E-state index contributed by atoms with van der Waals surface area (Å²) in [7, 11) is 0. The van der Waals surface area contributed by atoms with Crippen LogP contribution in [0.25, 0.3) is 0 Å². The molecule has 2 bridgehead atoms. The van der Waals surface area contributed by atoms with E-state index in [4.69, 9.17) is 14.2 Å². The number of carbonyl (C=O) groups excluding carboxylic acids is 1. The van der Waals surface area contributed by atoms with E-state index in [0.29, 0.717) is 11.1 Å². The molecule has 0 amide bonds. The second-order valence-electron chi connectivity index (χ2n) is 10.1. The Kier molecular flexibility index (Phi) is 6.24. The van der Waals surface area contributed by atoms with Gasteiger partial charge >= 0.3 is 5.97 Å². The maximum Gasteiger partial charge on any atom is 0.318 e. The topological polar surface area (TPSA) is 207 Å². The zero-order valence-corrected chi connectivity index (χ0v) is 20.7. The number of hydrogen-bond donors (Lipinski definition) is 8. The van der Waals surface area contributed by atoms with Crippen molar-refractivity contribution in [1.29, 1.82) is 0 Å². The third-order valence-electron chi connectivity index (χ3n) is 7.69. The van der Waals surface area contributed by atoms with Crippen molar-refractivity contribution in [2.24, 2.45) is 0 Å². The number of aromatic hydroxyl groups is 4. The highest BCUT2D eigenvalue weighted by molar-refractivity contribution is 5.89. The molecule has 0 saturated carbocycles. The van der Waals surface area contributed by atoms with Crippen molar-refractivity contribution in [3.8, 4) is 28.7 Å². The molecule has 3 aromatic carbocycles. The van der Waals surface area contributed by atoms with Crippen molar-refractivity contribution >= 4 is 5.97 Å². The Morgan fingerprint density at radius 2 is 1.48 bits per heavy atom. The summed E-state index contributed by atoms with van der Waals surface area (Å²) in [4.78, 5) is 13.3. The fraction of sp³-hybridized carbons (Fsp3) is 0.321. The highest BCUT2D eigenvalue weighted by atomic mass is 16.7. The van der Waals surface area contributed by atoms with Crippen molar-refractivity contribution in [3.63, 3.8) is 0 Å². The van der Waals surface area contributed by atoms with Gasteiger partial charge in [0, 0.05) is 28.8 Å². The summed E-state index contributed by atoms with van der Waals surface area (Å²) in [5.74, 6) is -3.83. The lowest BCUT2D eigenvalue weighted by Gasteiger charge is -2.39. The van der Waals surface area contributed by atoms with Gasteiger partial charge in [0.05, 0.1) is 12.5 Å². The Labute approximate surface area is 226 Å². The molecule has 2 aliphatic heterocycles. The first-order chi connectivity index (χ1) is 19.1. The van der Waals surface area contributed by atoms with Crippen LogP contribution in [0.3, 0.4) is 0 Å². The largest absolute Gasteiger partial charge is 0.508 e. The number of phenolic OH excluding ortho intramolecular Hbond substituents is 4. The van der Waals surface area contributed by atoms with Crippen LogP contribution in [0.2, 0.25) is 0 Å². The minimum atomic E-state index is -1.71. The molecule has 12 nitrogen and oxygen atoms in total. The molecule has 2 heterocycles. The van der Waals surface area contributed by atoms with Gasteiger partial charge in [0.2, 0.25) is 6.29 Å². The monoisotopic (exact) mass is 554 g/mol. The van der Waals surface area contributed by atoms with Crippen LogP contribution >= 0.6 is 0 Å². The fourth-order valence-corrected chi connectivity index (χ4v) is 5.85. The van der Waals surface area contributed by atoms with Gasteiger partial charge in [-0.25, -0.2) is 0 Å². The van der Waals surface area contributed by atoms with E-state index in [1.165, 1.54) is 30.3 Å². The zero-order chi connectivity index (χ0) is 28.5. The molecule has 3 aromatic rings. The number of benzene rings is 3. The SMILES string of the molecule is O=C1O[C@H]2c3cc(O[C@@H]4O[C@H](CO)[C@@H](O)[C@H](O)[C@H]4O)cc(O)c3[C@@H]1c1cc(O)cc(O)c1C2c1ccc(O)cc1. The van der Waals surface area contributed by atoms with E-state index in [-0.39, 0.29) is 45.4 Å². The Morgan fingerprint density at radius 1 is 0.775 bits per heavy atom. The molecular weight excluding hydrogens is 528 g/mol. The van der Waals surface area contributed by atoms with Crippen LogP contribution in [0.4, 0.5) is 0 Å². The van der Waals surface area contributed by atoms with Gasteiger partial charge in [-0.1, -0.05) is 12.1 Å². The lowest BCUT2D eigenvalue weighted by atomic mass is 9.82. The number of carbonyl (C=O) groups is 1. The highest BCUT2D eigenvalue weighted by Gasteiger charge is 2.50. The number of esters is 1. The van der Waals surface area contributed by atoms with E-state index in [0.717, 1.165) is 6.07 Å². The average molecular weight is 555 g/mol. The van der Waals surface area contributed by atoms with Gasteiger partial charge in [0.1, 0.15) is 65.2 Å². The van der Waals surface area contributed by atoms with Crippen LogP contribution in [-0.2, 0) is 14.3 Å². The minimum absolute atomic E-state index is 0.0120. The number of ether oxygens (including phenoxy) is 3. The van der Waals surface area contributed by atoms with Crippen molar-refractivity contribution < 1.29 is 59.9 Å². The molecule has 1 aliphatic carbocycles. The molecule has 210 valence electrons. The summed E-state index contributed by atoms with van der Waals surface area (Å²) in [6.45, 7) is -0.664. The van der Waals surface area contributed by atoms with Crippen molar-refractivity contribution in [1.82, 2.24) is 0 Å². The standard InChI is InChI=1S/C28H26O12/c29-9-18-23(34)24(35)25(36)28(39-18)38-13-7-15-21(17(33)8-13)22-14-5-12(31)6-16(32)20(14)19(26(15)40-27(22)37)10-1-3-11(30)4-2-10/h1-8,18-19,22-26,28-36H,9H2/t18-,19?,22+,23-,24+,25-,26+,28-/m1/s1. The number of rotatable bonds is 4. The summed E-state index contributed by atoms with van der Waals surface area (Å²) in [5, 5.41) is 82.4. The van der Waals surface area contributed by atoms with Crippen molar-refractivity contribution in [2.75, 3.05) is 6.61 Å². The molecule has 0 radical (unpaired) electrons. The molecule has 1 fully saturated rings. The number of hydrogen-bond acceptors (Lipinski definition) is 12. The molecule has 3 aliphatic rings. The molecule has 40 heavy (non-hydrogen) atoms. The second-order valence-corrected chi connectivity index (χ2v) is 10.1. The van der Waals surface area contributed by atoms with Gasteiger partial charge in [-0.3, -0.25) is 4.79 Å². The quantitative estimate of drug-likeness (QED) is 0.208. The molecule has 0 spiro atoms. The molecule has 6 rings (SSSR count). The molecular formula is C28H26O12. The van der Waals surface area contributed by atoms with Gasteiger partial charge in [-0.05, 0) is 35.4 Å². The normalized spacial score (nSPS) is 30.6. The van der Waals surface area contributed by atoms with Gasteiger partial charge in [0.15, 0.2) is 0 Å². The molecule has 12 heteroatoms. The van der Waals surface area contributed by atoms with Crippen LogP contribution in [0.15, 0.2) is 48.5 Å². The zero-order valence-electron chi connectivity index (χ0n) is 20.7. The van der Waals surface area contributed by atoms with Crippen LogP contribution in [0, 0.1) is 0 Å². The maximum atomic E-state index is 13.3. The van der Waals surface area contributed by atoms with Gasteiger partial charge in [-0.2, -0.15) is 0 Å². The molecule has 8 atom stereocenters. The Morgan fingerprint density at radius 3 is 2.17 bits per heavy atom.